The number of hydrogen-bond acceptors (Lipinski definition) is 4. The van der Waals surface area contributed by atoms with Crippen LogP contribution in [-0.2, 0) is 19.4 Å². The van der Waals surface area contributed by atoms with Gasteiger partial charge in [-0.2, -0.15) is 0 Å². The molecule has 6 heteroatoms. The zero-order chi connectivity index (χ0) is 16.9. The Hall–Kier alpha value is -2.34. The van der Waals surface area contributed by atoms with Gasteiger partial charge in [0.2, 0.25) is 0 Å². The Morgan fingerprint density at radius 3 is 2.46 bits per heavy atom. The molecular formula is C18H18FN3OS. The molecule has 0 amide bonds. The third-order valence-corrected chi connectivity index (χ3v) is 4.69. The molecule has 124 valence electrons. The van der Waals surface area contributed by atoms with Crippen molar-refractivity contribution in [3.63, 3.8) is 0 Å². The van der Waals surface area contributed by atoms with Gasteiger partial charge in [-0.05, 0) is 36.8 Å². The molecule has 0 saturated carbocycles. The van der Waals surface area contributed by atoms with Crippen LogP contribution in [0.1, 0.15) is 17.0 Å². The largest absolute Gasteiger partial charge is 0.486 e. The highest BCUT2D eigenvalue weighted by atomic mass is 32.2. The number of benzene rings is 2. The summed E-state index contributed by atoms with van der Waals surface area (Å²) >= 11 is 1.63. The Labute approximate surface area is 144 Å². The van der Waals surface area contributed by atoms with Crippen molar-refractivity contribution in [2.75, 3.05) is 0 Å². The molecule has 3 aromatic rings. The van der Waals surface area contributed by atoms with Crippen LogP contribution >= 0.6 is 11.8 Å². The fourth-order valence-electron chi connectivity index (χ4n) is 2.11. The summed E-state index contributed by atoms with van der Waals surface area (Å²) in [6, 6.07) is 14.4. The quantitative estimate of drug-likeness (QED) is 0.631. The van der Waals surface area contributed by atoms with Gasteiger partial charge in [0, 0.05) is 12.8 Å². The summed E-state index contributed by atoms with van der Waals surface area (Å²) in [5, 5.41) is 9.22. The molecule has 1 heterocycles. The van der Waals surface area contributed by atoms with Crippen molar-refractivity contribution in [3.05, 3.63) is 71.3 Å². The highest BCUT2D eigenvalue weighted by Crippen LogP contribution is 2.22. The van der Waals surface area contributed by atoms with Crippen LogP contribution in [0.25, 0.3) is 0 Å². The van der Waals surface area contributed by atoms with E-state index in [-0.39, 0.29) is 5.82 Å². The fourth-order valence-corrected chi connectivity index (χ4v) is 2.99. The van der Waals surface area contributed by atoms with E-state index >= 15 is 0 Å². The van der Waals surface area contributed by atoms with Crippen LogP contribution in [0.4, 0.5) is 4.39 Å². The van der Waals surface area contributed by atoms with Crippen LogP contribution in [0.2, 0.25) is 0 Å². The minimum atomic E-state index is -0.282. The molecule has 0 radical (unpaired) electrons. The first-order chi connectivity index (χ1) is 11.6. The molecule has 0 bridgehead atoms. The first-order valence-corrected chi connectivity index (χ1v) is 8.55. The number of aromatic nitrogens is 3. The molecule has 0 atom stereocenters. The molecule has 0 aliphatic heterocycles. The number of nitrogens with zero attached hydrogens (tertiary/aromatic N) is 3. The minimum absolute atomic E-state index is 0.282. The number of halogens is 1. The van der Waals surface area contributed by atoms with Crippen LogP contribution in [0.3, 0.4) is 0 Å². The second-order valence-corrected chi connectivity index (χ2v) is 6.42. The number of thioether (sulfide) groups is 1. The van der Waals surface area contributed by atoms with Gasteiger partial charge in [-0.3, -0.25) is 0 Å². The van der Waals surface area contributed by atoms with E-state index in [1.165, 1.54) is 23.3 Å². The molecular weight excluding hydrogens is 325 g/mol. The number of aryl methyl sites for hydroxylation is 1. The van der Waals surface area contributed by atoms with Crippen LogP contribution in [0.15, 0.2) is 53.7 Å². The molecule has 24 heavy (non-hydrogen) atoms. The first-order valence-electron chi connectivity index (χ1n) is 7.57. The summed E-state index contributed by atoms with van der Waals surface area (Å²) in [4.78, 5) is 0. The molecule has 0 saturated heterocycles. The summed E-state index contributed by atoms with van der Waals surface area (Å²) in [6.07, 6.45) is 0. The van der Waals surface area contributed by atoms with Gasteiger partial charge in [-0.25, -0.2) is 4.39 Å². The third-order valence-electron chi connectivity index (χ3n) is 3.60. The smallest absolute Gasteiger partial charge is 0.191 e. The van der Waals surface area contributed by atoms with E-state index in [0.29, 0.717) is 12.4 Å². The van der Waals surface area contributed by atoms with E-state index in [4.69, 9.17) is 4.74 Å². The molecule has 3 rings (SSSR count). The Bertz CT molecular complexity index is 733. The molecule has 0 fully saturated rings. The van der Waals surface area contributed by atoms with Crippen molar-refractivity contribution in [3.8, 4) is 5.75 Å². The summed E-state index contributed by atoms with van der Waals surface area (Å²) < 4.78 is 20.4. The Morgan fingerprint density at radius 2 is 1.75 bits per heavy atom. The molecule has 0 aliphatic carbocycles. The lowest BCUT2D eigenvalue weighted by atomic mass is 10.2. The minimum Gasteiger partial charge on any atom is -0.486 e. The summed E-state index contributed by atoms with van der Waals surface area (Å²) in [5.41, 5.74) is 2.50. The maximum Gasteiger partial charge on any atom is 0.191 e. The van der Waals surface area contributed by atoms with Gasteiger partial charge >= 0.3 is 0 Å². The fraction of sp³-hybridized carbons (Fsp3) is 0.222. The van der Waals surface area contributed by atoms with Gasteiger partial charge in [-0.15, -0.1) is 10.2 Å². The van der Waals surface area contributed by atoms with Crippen molar-refractivity contribution in [2.24, 2.45) is 7.05 Å². The van der Waals surface area contributed by atoms with Crippen LogP contribution in [0, 0.1) is 12.7 Å². The highest BCUT2D eigenvalue weighted by molar-refractivity contribution is 7.98. The van der Waals surface area contributed by atoms with E-state index in [0.717, 1.165) is 16.7 Å². The third kappa shape index (κ3) is 4.14. The van der Waals surface area contributed by atoms with Crippen molar-refractivity contribution in [2.45, 2.75) is 24.4 Å². The normalized spacial score (nSPS) is 10.8. The van der Waals surface area contributed by atoms with Crippen LogP contribution < -0.4 is 4.74 Å². The van der Waals surface area contributed by atoms with Gasteiger partial charge in [0.1, 0.15) is 18.2 Å². The molecule has 0 spiro atoms. The summed E-state index contributed by atoms with van der Waals surface area (Å²) in [7, 11) is 1.92. The van der Waals surface area contributed by atoms with E-state index in [2.05, 4.69) is 41.4 Å². The average Bonchev–Trinajstić information content (AvgIpc) is 2.94. The van der Waals surface area contributed by atoms with E-state index in [9.17, 15) is 4.39 Å². The van der Waals surface area contributed by atoms with Gasteiger partial charge in [0.05, 0.1) is 0 Å². The highest BCUT2D eigenvalue weighted by Gasteiger charge is 2.10. The second kappa shape index (κ2) is 7.49. The average molecular weight is 343 g/mol. The van der Waals surface area contributed by atoms with Crippen molar-refractivity contribution >= 4 is 11.8 Å². The predicted molar refractivity (Wildman–Crippen MR) is 92.5 cm³/mol. The SMILES string of the molecule is Cc1ccc(CSc2nnc(COc3ccc(F)cc3)n2C)cc1. The lowest BCUT2D eigenvalue weighted by Crippen LogP contribution is -2.04. The van der Waals surface area contributed by atoms with Gasteiger partial charge in [-0.1, -0.05) is 41.6 Å². The predicted octanol–water partition coefficient (Wildman–Crippen LogP) is 4.13. The maximum absolute atomic E-state index is 12.9. The Morgan fingerprint density at radius 1 is 1.04 bits per heavy atom. The number of rotatable bonds is 6. The van der Waals surface area contributed by atoms with Crippen LogP contribution in [0.5, 0.6) is 5.75 Å². The zero-order valence-corrected chi connectivity index (χ0v) is 14.4. The first kappa shape index (κ1) is 16.5. The van der Waals surface area contributed by atoms with Gasteiger partial charge < -0.3 is 9.30 Å². The van der Waals surface area contributed by atoms with Crippen molar-refractivity contribution in [1.29, 1.82) is 0 Å². The monoisotopic (exact) mass is 343 g/mol. The standard InChI is InChI=1S/C18H18FN3OS/c1-13-3-5-14(6-4-13)12-24-18-21-20-17(22(18)2)11-23-16-9-7-15(19)8-10-16/h3-10H,11-12H2,1-2H3. The molecule has 0 unspecified atom stereocenters. The van der Waals surface area contributed by atoms with Crippen LogP contribution in [-0.4, -0.2) is 14.8 Å². The molecule has 0 N–H and O–H groups in total. The molecule has 1 aromatic heterocycles. The summed E-state index contributed by atoms with van der Waals surface area (Å²) in [5.74, 6) is 1.89. The Kier molecular flexibility index (Phi) is 5.15. The second-order valence-electron chi connectivity index (χ2n) is 5.47. The molecule has 4 nitrogen and oxygen atoms in total. The lowest BCUT2D eigenvalue weighted by Gasteiger charge is -2.06. The Balaban J connectivity index is 1.58. The zero-order valence-electron chi connectivity index (χ0n) is 13.6. The van der Waals surface area contributed by atoms with E-state index < -0.39 is 0 Å². The van der Waals surface area contributed by atoms with Crippen molar-refractivity contribution in [1.82, 2.24) is 14.8 Å². The number of ether oxygens (including phenoxy) is 1. The lowest BCUT2D eigenvalue weighted by molar-refractivity contribution is 0.290. The van der Waals surface area contributed by atoms with E-state index in [1.54, 1.807) is 23.9 Å². The molecule has 2 aromatic carbocycles. The topological polar surface area (TPSA) is 39.9 Å². The maximum atomic E-state index is 12.9. The summed E-state index contributed by atoms with van der Waals surface area (Å²) in [6.45, 7) is 2.37. The van der Waals surface area contributed by atoms with Crippen molar-refractivity contribution < 1.29 is 9.13 Å². The van der Waals surface area contributed by atoms with E-state index in [1.807, 2.05) is 11.6 Å². The van der Waals surface area contributed by atoms with Gasteiger partial charge in [0.25, 0.3) is 0 Å². The number of hydrogen-bond donors (Lipinski definition) is 0. The van der Waals surface area contributed by atoms with Gasteiger partial charge in [0.15, 0.2) is 11.0 Å². The molecule has 0 aliphatic rings.